The van der Waals surface area contributed by atoms with Gasteiger partial charge in [-0.15, -0.1) is 0 Å². The maximum absolute atomic E-state index is 5.28. The lowest BCUT2D eigenvalue weighted by molar-refractivity contribution is 1.01. The molecule has 0 amide bonds. The SMILES string of the molecule is c1ccc(-c2nc(-n3c4cccc5c6cccnc6n6c7ccccc7c7ccc3c(c54)c76)nc3ccccc23)cc1. The Morgan fingerprint density at radius 1 is 0.476 bits per heavy atom. The normalized spacial score (nSPS) is 12.3. The summed E-state index contributed by atoms with van der Waals surface area (Å²) in [5, 5.41) is 8.17. The summed E-state index contributed by atoms with van der Waals surface area (Å²) in [6.45, 7) is 0. The van der Waals surface area contributed by atoms with Crippen LogP contribution in [-0.4, -0.2) is 23.9 Å². The van der Waals surface area contributed by atoms with Crippen molar-refractivity contribution in [3.05, 3.63) is 128 Å². The minimum atomic E-state index is 0.665. The van der Waals surface area contributed by atoms with E-state index in [0.29, 0.717) is 5.95 Å². The van der Waals surface area contributed by atoms with Crippen LogP contribution in [-0.2, 0) is 0 Å². The molecule has 0 saturated heterocycles. The minimum Gasteiger partial charge on any atom is -0.293 e. The van der Waals surface area contributed by atoms with Crippen LogP contribution in [0.4, 0.5) is 0 Å². The van der Waals surface area contributed by atoms with Gasteiger partial charge in [0.1, 0.15) is 5.65 Å². The van der Waals surface area contributed by atoms with Gasteiger partial charge in [-0.05, 0) is 41.8 Å². The van der Waals surface area contributed by atoms with E-state index in [1.165, 1.54) is 32.4 Å². The van der Waals surface area contributed by atoms with Crippen molar-refractivity contribution in [3.63, 3.8) is 0 Å². The molecule has 5 aromatic heterocycles. The van der Waals surface area contributed by atoms with E-state index in [-0.39, 0.29) is 0 Å². The number of pyridine rings is 1. The van der Waals surface area contributed by atoms with E-state index >= 15 is 0 Å². The first kappa shape index (κ1) is 21.9. The van der Waals surface area contributed by atoms with Crippen LogP contribution in [0, 0.1) is 0 Å². The number of hydrogen-bond acceptors (Lipinski definition) is 3. The zero-order valence-corrected chi connectivity index (χ0v) is 22.4. The monoisotopic (exact) mass is 535 g/mol. The predicted molar refractivity (Wildman–Crippen MR) is 172 cm³/mol. The number of hydrogen-bond donors (Lipinski definition) is 0. The van der Waals surface area contributed by atoms with Gasteiger partial charge in [-0.1, -0.05) is 84.9 Å². The Morgan fingerprint density at radius 2 is 1.21 bits per heavy atom. The molecule has 5 aromatic carbocycles. The molecule has 0 radical (unpaired) electrons. The molecular formula is C37H21N5. The molecule has 0 bridgehead atoms. The van der Waals surface area contributed by atoms with Crippen molar-refractivity contribution < 1.29 is 0 Å². The van der Waals surface area contributed by atoms with Crippen LogP contribution in [0.2, 0.25) is 0 Å². The Labute approximate surface area is 239 Å². The highest BCUT2D eigenvalue weighted by Crippen LogP contribution is 2.44. The molecule has 0 atom stereocenters. The van der Waals surface area contributed by atoms with Crippen LogP contribution >= 0.6 is 0 Å². The minimum absolute atomic E-state index is 0.665. The molecule has 10 rings (SSSR count). The van der Waals surface area contributed by atoms with Crippen molar-refractivity contribution >= 4 is 70.9 Å². The molecule has 0 saturated carbocycles. The number of aromatic nitrogens is 5. The van der Waals surface area contributed by atoms with Crippen molar-refractivity contribution in [2.75, 3.05) is 0 Å². The van der Waals surface area contributed by atoms with Crippen molar-refractivity contribution in [2.24, 2.45) is 0 Å². The summed E-state index contributed by atoms with van der Waals surface area (Å²) >= 11 is 0. The van der Waals surface area contributed by atoms with E-state index in [0.717, 1.165) is 49.7 Å². The van der Waals surface area contributed by atoms with Crippen LogP contribution in [0.15, 0.2) is 128 Å². The third-order valence-corrected chi connectivity index (χ3v) is 8.72. The molecule has 10 aromatic rings. The molecule has 5 heteroatoms. The Balaban J connectivity index is 1.46. The van der Waals surface area contributed by atoms with E-state index in [2.05, 4.69) is 112 Å². The van der Waals surface area contributed by atoms with Crippen molar-refractivity contribution in [2.45, 2.75) is 0 Å². The highest BCUT2D eigenvalue weighted by Gasteiger charge is 2.24. The number of rotatable bonds is 2. The molecule has 42 heavy (non-hydrogen) atoms. The summed E-state index contributed by atoms with van der Waals surface area (Å²) in [7, 11) is 0. The third kappa shape index (κ3) is 2.70. The van der Waals surface area contributed by atoms with E-state index < -0.39 is 0 Å². The molecule has 194 valence electrons. The fourth-order valence-corrected chi connectivity index (χ4v) is 7.02. The first-order valence-electron chi connectivity index (χ1n) is 14.1. The van der Waals surface area contributed by atoms with Crippen LogP contribution < -0.4 is 0 Å². The van der Waals surface area contributed by atoms with Gasteiger partial charge >= 0.3 is 0 Å². The largest absolute Gasteiger partial charge is 0.293 e. The smallest absolute Gasteiger partial charge is 0.235 e. The van der Waals surface area contributed by atoms with E-state index in [9.17, 15) is 0 Å². The summed E-state index contributed by atoms with van der Waals surface area (Å²) in [4.78, 5) is 15.4. The second kappa shape index (κ2) is 7.89. The molecule has 5 heterocycles. The number of benzene rings is 5. The summed E-state index contributed by atoms with van der Waals surface area (Å²) in [5.41, 5.74) is 8.37. The lowest BCUT2D eigenvalue weighted by Crippen LogP contribution is -2.03. The van der Waals surface area contributed by atoms with Gasteiger partial charge in [0.25, 0.3) is 0 Å². The summed E-state index contributed by atoms with van der Waals surface area (Å²) in [6, 6.07) is 42.6. The zero-order chi connectivity index (χ0) is 27.4. The fourth-order valence-electron chi connectivity index (χ4n) is 7.02. The van der Waals surface area contributed by atoms with Crippen molar-refractivity contribution in [1.29, 1.82) is 0 Å². The third-order valence-electron chi connectivity index (χ3n) is 8.72. The average Bonchev–Trinajstić information content (AvgIpc) is 3.53. The summed E-state index contributed by atoms with van der Waals surface area (Å²) < 4.78 is 4.60. The Morgan fingerprint density at radius 3 is 2.14 bits per heavy atom. The van der Waals surface area contributed by atoms with E-state index in [1.807, 2.05) is 24.4 Å². The van der Waals surface area contributed by atoms with Crippen molar-refractivity contribution in [3.8, 4) is 17.2 Å². The maximum Gasteiger partial charge on any atom is 0.235 e. The number of nitrogens with zero attached hydrogens (tertiary/aromatic N) is 5. The van der Waals surface area contributed by atoms with Crippen LogP contribution in [0.5, 0.6) is 0 Å². The Bertz CT molecular complexity index is 2680. The topological polar surface area (TPSA) is 48.0 Å². The van der Waals surface area contributed by atoms with Crippen LogP contribution in [0.3, 0.4) is 0 Å². The molecule has 0 fully saturated rings. The summed E-state index contributed by atoms with van der Waals surface area (Å²) in [5.74, 6) is 0.665. The second-order valence-corrected chi connectivity index (χ2v) is 10.9. The molecular weight excluding hydrogens is 514 g/mol. The zero-order valence-electron chi connectivity index (χ0n) is 22.4. The van der Waals surface area contributed by atoms with Gasteiger partial charge in [-0.25, -0.2) is 15.0 Å². The molecule has 0 unspecified atom stereocenters. The Hall–Kier alpha value is -5.81. The fraction of sp³-hybridized carbons (Fsp3) is 0. The second-order valence-electron chi connectivity index (χ2n) is 10.9. The highest BCUT2D eigenvalue weighted by atomic mass is 15.2. The molecule has 0 aliphatic heterocycles. The van der Waals surface area contributed by atoms with Crippen LogP contribution in [0.1, 0.15) is 0 Å². The molecule has 0 N–H and O–H groups in total. The number of para-hydroxylation sites is 2. The van der Waals surface area contributed by atoms with Gasteiger partial charge in [0.15, 0.2) is 0 Å². The van der Waals surface area contributed by atoms with Crippen LogP contribution in [0.25, 0.3) is 88.1 Å². The van der Waals surface area contributed by atoms with E-state index in [4.69, 9.17) is 15.0 Å². The first-order valence-corrected chi connectivity index (χ1v) is 14.1. The molecule has 0 spiro atoms. The predicted octanol–water partition coefficient (Wildman–Crippen LogP) is 8.94. The lowest BCUT2D eigenvalue weighted by Gasteiger charge is -2.12. The molecule has 0 aliphatic carbocycles. The van der Waals surface area contributed by atoms with Gasteiger partial charge in [-0.3, -0.25) is 8.97 Å². The van der Waals surface area contributed by atoms with Gasteiger partial charge in [0.2, 0.25) is 5.95 Å². The summed E-state index contributed by atoms with van der Waals surface area (Å²) in [6.07, 6.45) is 1.89. The average molecular weight is 536 g/mol. The van der Waals surface area contributed by atoms with Gasteiger partial charge in [0.05, 0.1) is 33.3 Å². The van der Waals surface area contributed by atoms with E-state index in [1.54, 1.807) is 0 Å². The number of fused-ring (bicyclic) bond motifs is 7. The molecule has 0 aliphatic rings. The Kier molecular flexibility index (Phi) is 4.12. The van der Waals surface area contributed by atoms with Gasteiger partial charge < -0.3 is 0 Å². The first-order chi connectivity index (χ1) is 20.9. The lowest BCUT2D eigenvalue weighted by atomic mass is 10.0. The maximum atomic E-state index is 5.28. The van der Waals surface area contributed by atoms with Gasteiger partial charge in [0, 0.05) is 44.1 Å². The van der Waals surface area contributed by atoms with Gasteiger partial charge in [-0.2, -0.15) is 0 Å². The quantitative estimate of drug-likeness (QED) is 0.222. The standard InChI is InChI=1S/C37H21N5/c1-2-10-22(11-3-1)34-27-13-4-6-16-28(27)39-37(40-34)41-30-18-8-14-24-26-15-9-21-38-36(26)42-29-17-7-5-12-23(29)25-19-20-31(41)33(32(24)30)35(25)42/h1-21H. The molecule has 5 nitrogen and oxygen atoms in total. The van der Waals surface area contributed by atoms with Crippen molar-refractivity contribution in [1.82, 2.24) is 23.9 Å². The highest BCUT2D eigenvalue weighted by molar-refractivity contribution is 6.32.